The summed E-state index contributed by atoms with van der Waals surface area (Å²) in [6.07, 6.45) is 3.36. The Balaban J connectivity index is 2.11. The smallest absolute Gasteiger partial charge is 0.220 e. The molecule has 2 aliphatic rings. The summed E-state index contributed by atoms with van der Waals surface area (Å²) < 4.78 is 5.42. The molecule has 1 aromatic rings. The van der Waals surface area contributed by atoms with Gasteiger partial charge in [-0.1, -0.05) is 25.9 Å². The zero-order chi connectivity index (χ0) is 12.3. The van der Waals surface area contributed by atoms with Crippen LogP contribution in [0.3, 0.4) is 0 Å². The Hall–Kier alpha value is -1.32. The minimum absolute atomic E-state index is 0.114. The highest BCUT2D eigenvalue weighted by Gasteiger charge is 2.53. The Bertz CT molecular complexity index is 478. The van der Waals surface area contributed by atoms with E-state index in [1.165, 1.54) is 5.56 Å². The third-order valence-corrected chi connectivity index (χ3v) is 4.62. The molecule has 0 bridgehead atoms. The second-order valence-electron chi connectivity index (χ2n) is 6.27. The Labute approximate surface area is 101 Å². The summed E-state index contributed by atoms with van der Waals surface area (Å²) in [4.78, 5) is 11.6. The van der Waals surface area contributed by atoms with Crippen LogP contribution in [0, 0.1) is 11.3 Å². The van der Waals surface area contributed by atoms with Crippen molar-refractivity contribution in [2.75, 3.05) is 6.54 Å². The second-order valence-corrected chi connectivity index (χ2v) is 6.27. The van der Waals surface area contributed by atoms with Crippen molar-refractivity contribution in [3.63, 3.8) is 0 Å². The van der Waals surface area contributed by atoms with Crippen LogP contribution in [-0.2, 0) is 16.6 Å². The lowest BCUT2D eigenvalue weighted by Crippen LogP contribution is -2.56. The van der Waals surface area contributed by atoms with Gasteiger partial charge >= 0.3 is 0 Å². The van der Waals surface area contributed by atoms with Gasteiger partial charge in [-0.3, -0.25) is 4.79 Å². The van der Waals surface area contributed by atoms with E-state index in [9.17, 15) is 4.79 Å². The van der Waals surface area contributed by atoms with Crippen LogP contribution < -0.4 is 5.32 Å². The number of carbonyl (C=O) groups excluding carboxylic acids is 1. The van der Waals surface area contributed by atoms with E-state index in [0.717, 1.165) is 18.7 Å². The highest BCUT2D eigenvalue weighted by atomic mass is 16.5. The normalized spacial score (nSPS) is 34.8. The maximum Gasteiger partial charge on any atom is 0.220 e. The van der Waals surface area contributed by atoms with E-state index >= 15 is 0 Å². The molecule has 1 fully saturated rings. The fourth-order valence-corrected chi connectivity index (χ4v) is 3.75. The minimum Gasteiger partial charge on any atom is -0.361 e. The molecule has 0 spiro atoms. The van der Waals surface area contributed by atoms with Crippen molar-refractivity contribution in [3.05, 3.63) is 17.5 Å². The largest absolute Gasteiger partial charge is 0.361 e. The first kappa shape index (κ1) is 10.8. The lowest BCUT2D eigenvalue weighted by Gasteiger charge is -2.51. The van der Waals surface area contributed by atoms with Crippen molar-refractivity contribution in [1.82, 2.24) is 10.5 Å². The summed E-state index contributed by atoms with van der Waals surface area (Å²) in [7, 11) is 0. The molecule has 4 heteroatoms. The molecule has 17 heavy (non-hydrogen) atoms. The fraction of sp³-hybridized carbons (Fsp3) is 0.692. The van der Waals surface area contributed by atoms with Crippen molar-refractivity contribution in [2.24, 2.45) is 11.3 Å². The third-order valence-electron chi connectivity index (χ3n) is 4.62. The standard InChI is InChI=1S/C13H18N2O2/c1-12(2)9-4-10(16)14-7-13(9,3)5-8-6-15-17-11(8)12/h6,9H,4-5,7H2,1-3H3,(H,14,16)/t9-,13+/m0/s1. The molecular weight excluding hydrogens is 216 g/mol. The number of aromatic nitrogens is 1. The first-order valence-electron chi connectivity index (χ1n) is 6.14. The van der Waals surface area contributed by atoms with Crippen LogP contribution in [0.1, 0.15) is 38.5 Å². The van der Waals surface area contributed by atoms with Gasteiger partial charge in [0.25, 0.3) is 0 Å². The number of fused-ring (bicyclic) bond motifs is 2. The SMILES string of the molecule is CC1(C)c2oncc2C[C@]2(C)CNC(=O)C[C@@H]12. The molecule has 1 aliphatic carbocycles. The molecular formula is C13H18N2O2. The van der Waals surface area contributed by atoms with Gasteiger partial charge in [0, 0.05) is 23.9 Å². The molecule has 1 saturated heterocycles. The molecule has 92 valence electrons. The summed E-state index contributed by atoms with van der Waals surface area (Å²) in [5.41, 5.74) is 1.21. The number of amides is 1. The quantitative estimate of drug-likeness (QED) is 0.742. The summed E-state index contributed by atoms with van der Waals surface area (Å²) in [5, 5.41) is 6.92. The fourth-order valence-electron chi connectivity index (χ4n) is 3.75. The molecule has 3 rings (SSSR count). The predicted molar refractivity (Wildman–Crippen MR) is 62.5 cm³/mol. The molecule has 1 amide bonds. The molecule has 1 N–H and O–H groups in total. The average Bonchev–Trinajstić information content (AvgIpc) is 2.69. The Morgan fingerprint density at radius 3 is 3.00 bits per heavy atom. The molecule has 1 aromatic heterocycles. The van der Waals surface area contributed by atoms with Gasteiger partial charge in [-0.2, -0.15) is 0 Å². The van der Waals surface area contributed by atoms with Gasteiger partial charge in [0.05, 0.1) is 6.20 Å². The maximum absolute atomic E-state index is 11.6. The van der Waals surface area contributed by atoms with Gasteiger partial charge in [-0.15, -0.1) is 0 Å². The van der Waals surface area contributed by atoms with E-state index in [0.29, 0.717) is 12.3 Å². The molecule has 2 heterocycles. The number of rotatable bonds is 0. The number of piperidine rings is 1. The van der Waals surface area contributed by atoms with Crippen LogP contribution in [0.2, 0.25) is 0 Å². The second kappa shape index (κ2) is 3.12. The van der Waals surface area contributed by atoms with Crippen molar-refractivity contribution in [3.8, 4) is 0 Å². The predicted octanol–water partition coefficient (Wildman–Crippen LogP) is 1.65. The summed E-state index contributed by atoms with van der Waals surface area (Å²) in [5.74, 6) is 1.45. The van der Waals surface area contributed by atoms with Crippen molar-refractivity contribution < 1.29 is 9.32 Å². The van der Waals surface area contributed by atoms with E-state index in [-0.39, 0.29) is 16.7 Å². The van der Waals surface area contributed by atoms with Crippen LogP contribution in [0.15, 0.2) is 10.7 Å². The van der Waals surface area contributed by atoms with E-state index < -0.39 is 0 Å². The highest BCUT2D eigenvalue weighted by Crippen LogP contribution is 2.52. The molecule has 0 saturated carbocycles. The molecule has 0 aromatic carbocycles. The number of nitrogens with zero attached hydrogens (tertiary/aromatic N) is 1. The third kappa shape index (κ3) is 1.36. The van der Waals surface area contributed by atoms with E-state index in [2.05, 4.69) is 31.2 Å². The van der Waals surface area contributed by atoms with Crippen LogP contribution in [0.5, 0.6) is 0 Å². The molecule has 0 radical (unpaired) electrons. The first-order valence-corrected chi connectivity index (χ1v) is 6.14. The Morgan fingerprint density at radius 2 is 2.24 bits per heavy atom. The van der Waals surface area contributed by atoms with Gasteiger partial charge in [-0.05, 0) is 17.8 Å². The molecule has 0 unspecified atom stereocenters. The van der Waals surface area contributed by atoms with E-state index in [1.54, 1.807) is 0 Å². The average molecular weight is 234 g/mol. The van der Waals surface area contributed by atoms with Crippen LogP contribution in [-0.4, -0.2) is 17.6 Å². The van der Waals surface area contributed by atoms with Gasteiger partial charge < -0.3 is 9.84 Å². The van der Waals surface area contributed by atoms with E-state index in [4.69, 9.17) is 4.52 Å². The van der Waals surface area contributed by atoms with Crippen LogP contribution in [0.25, 0.3) is 0 Å². The summed E-state index contributed by atoms with van der Waals surface area (Å²) >= 11 is 0. The minimum atomic E-state index is -0.114. The zero-order valence-corrected chi connectivity index (χ0v) is 10.5. The van der Waals surface area contributed by atoms with Crippen LogP contribution >= 0.6 is 0 Å². The number of nitrogens with one attached hydrogen (secondary N) is 1. The lowest BCUT2D eigenvalue weighted by molar-refractivity contribution is -0.129. The number of hydrogen-bond acceptors (Lipinski definition) is 3. The van der Waals surface area contributed by atoms with Gasteiger partial charge in [-0.25, -0.2) is 0 Å². The van der Waals surface area contributed by atoms with Gasteiger partial charge in [0.1, 0.15) is 5.76 Å². The highest BCUT2D eigenvalue weighted by molar-refractivity contribution is 5.77. The van der Waals surface area contributed by atoms with Gasteiger partial charge in [0.15, 0.2) is 0 Å². The molecule has 1 aliphatic heterocycles. The Morgan fingerprint density at radius 1 is 1.47 bits per heavy atom. The van der Waals surface area contributed by atoms with E-state index in [1.807, 2.05) is 6.20 Å². The monoisotopic (exact) mass is 234 g/mol. The summed E-state index contributed by atoms with van der Waals surface area (Å²) in [6, 6.07) is 0. The number of hydrogen-bond donors (Lipinski definition) is 1. The maximum atomic E-state index is 11.6. The van der Waals surface area contributed by atoms with Crippen molar-refractivity contribution in [2.45, 2.75) is 39.0 Å². The van der Waals surface area contributed by atoms with Crippen LogP contribution in [0.4, 0.5) is 0 Å². The lowest BCUT2D eigenvalue weighted by atomic mass is 9.54. The van der Waals surface area contributed by atoms with Crippen molar-refractivity contribution in [1.29, 1.82) is 0 Å². The first-order chi connectivity index (χ1) is 7.93. The molecule has 2 atom stereocenters. The van der Waals surface area contributed by atoms with Gasteiger partial charge in [0.2, 0.25) is 5.91 Å². The van der Waals surface area contributed by atoms with Crippen molar-refractivity contribution >= 4 is 5.91 Å². The summed E-state index contributed by atoms with van der Waals surface area (Å²) in [6.45, 7) is 7.34. The Kier molecular flexibility index (Phi) is 1.98. The number of carbonyl (C=O) groups is 1. The molecule has 4 nitrogen and oxygen atoms in total. The topological polar surface area (TPSA) is 55.1 Å². The zero-order valence-electron chi connectivity index (χ0n) is 10.5.